The van der Waals surface area contributed by atoms with E-state index in [1.165, 1.54) is 0 Å². The van der Waals surface area contributed by atoms with Gasteiger partial charge >= 0.3 is 0 Å². The minimum absolute atomic E-state index is 0.0283. The van der Waals surface area contributed by atoms with E-state index in [2.05, 4.69) is 30.8 Å². The van der Waals surface area contributed by atoms with Gasteiger partial charge in [0.2, 0.25) is 0 Å². The summed E-state index contributed by atoms with van der Waals surface area (Å²) in [6, 6.07) is 8.19. The number of anilines is 2. The summed E-state index contributed by atoms with van der Waals surface area (Å²) < 4.78 is 3.57. The maximum Gasteiger partial charge on any atom is 0.258 e. The van der Waals surface area contributed by atoms with Crippen LogP contribution < -0.4 is 10.6 Å². The second-order valence-corrected chi connectivity index (χ2v) is 7.62. The number of rotatable bonds is 6. The first-order valence-electron chi connectivity index (χ1n) is 9.93. The van der Waals surface area contributed by atoms with E-state index in [-0.39, 0.29) is 11.9 Å². The molecular formula is C21H22N8O. The molecule has 1 aromatic carbocycles. The van der Waals surface area contributed by atoms with Crippen LogP contribution in [0.4, 0.5) is 11.5 Å². The smallest absolute Gasteiger partial charge is 0.258 e. The van der Waals surface area contributed by atoms with Crippen LogP contribution in [-0.2, 0) is 7.05 Å². The Balaban J connectivity index is 1.29. The van der Waals surface area contributed by atoms with Crippen LogP contribution in [0.25, 0.3) is 11.2 Å². The number of carbonyl (C=O) groups excluding carboxylic acids is 1. The van der Waals surface area contributed by atoms with E-state index in [0.717, 1.165) is 35.3 Å². The van der Waals surface area contributed by atoms with Gasteiger partial charge in [0.1, 0.15) is 11.3 Å². The van der Waals surface area contributed by atoms with Gasteiger partial charge in [-0.25, -0.2) is 14.6 Å². The van der Waals surface area contributed by atoms with Crippen molar-refractivity contribution in [2.75, 3.05) is 10.6 Å². The molecule has 1 aliphatic carbocycles. The zero-order valence-corrected chi connectivity index (χ0v) is 16.8. The van der Waals surface area contributed by atoms with Crippen molar-refractivity contribution in [2.24, 2.45) is 7.05 Å². The first kappa shape index (κ1) is 18.3. The van der Waals surface area contributed by atoms with Gasteiger partial charge in [0, 0.05) is 18.9 Å². The maximum atomic E-state index is 12.6. The van der Waals surface area contributed by atoms with Crippen molar-refractivity contribution in [3.05, 3.63) is 60.2 Å². The summed E-state index contributed by atoms with van der Waals surface area (Å²) >= 11 is 0. The fourth-order valence-electron chi connectivity index (χ4n) is 3.37. The molecule has 1 fully saturated rings. The van der Waals surface area contributed by atoms with Gasteiger partial charge in [-0.15, -0.1) is 0 Å². The van der Waals surface area contributed by atoms with Crippen molar-refractivity contribution in [1.82, 2.24) is 29.5 Å². The molecule has 4 aromatic rings. The molecule has 9 nitrogen and oxygen atoms in total. The number of nitrogens with zero attached hydrogens (tertiary/aromatic N) is 6. The molecule has 1 aliphatic rings. The fraction of sp³-hybridized carbons (Fsp3) is 0.286. The average Bonchev–Trinajstić information content (AvgIpc) is 3.36. The van der Waals surface area contributed by atoms with E-state index in [1.54, 1.807) is 23.3 Å². The van der Waals surface area contributed by atoms with Crippen molar-refractivity contribution >= 4 is 28.6 Å². The minimum atomic E-state index is -0.160. The highest BCUT2D eigenvalue weighted by Crippen LogP contribution is 2.34. The molecule has 1 amide bonds. The first-order valence-corrected chi connectivity index (χ1v) is 9.93. The molecule has 0 bridgehead atoms. The van der Waals surface area contributed by atoms with Gasteiger partial charge in [-0.3, -0.25) is 9.48 Å². The lowest BCUT2D eigenvalue weighted by Crippen LogP contribution is -2.13. The predicted molar refractivity (Wildman–Crippen MR) is 113 cm³/mol. The lowest BCUT2D eigenvalue weighted by Gasteiger charge is -2.16. The standard InChI is InChI=1S/C21H22N8O/c1-13(25-19-11-22-18-10-23-28(2)20(18)27-19)14-4-3-5-16(8-14)26-21(30)15-9-24-29(12-15)17-6-7-17/h3-5,8-13,17H,6-7H2,1-2H3,(H,25,27)(H,26,30)/t13-/m0/s1. The van der Waals surface area contributed by atoms with Gasteiger partial charge in [0.15, 0.2) is 5.65 Å². The van der Waals surface area contributed by atoms with Gasteiger partial charge in [0.25, 0.3) is 5.91 Å². The van der Waals surface area contributed by atoms with Gasteiger partial charge in [-0.05, 0) is 37.5 Å². The maximum absolute atomic E-state index is 12.6. The van der Waals surface area contributed by atoms with Crippen molar-refractivity contribution in [3.63, 3.8) is 0 Å². The molecule has 0 spiro atoms. The zero-order valence-electron chi connectivity index (χ0n) is 16.8. The Labute approximate surface area is 173 Å². The number of amides is 1. The summed E-state index contributed by atoms with van der Waals surface area (Å²) in [6.07, 6.45) is 9.09. The Bertz CT molecular complexity index is 1220. The van der Waals surface area contributed by atoms with Crippen molar-refractivity contribution in [2.45, 2.75) is 31.8 Å². The van der Waals surface area contributed by atoms with Crippen LogP contribution in [0.5, 0.6) is 0 Å². The number of nitrogens with one attached hydrogen (secondary N) is 2. The van der Waals surface area contributed by atoms with Crippen LogP contribution >= 0.6 is 0 Å². The topological polar surface area (TPSA) is 103 Å². The van der Waals surface area contributed by atoms with Crippen LogP contribution in [-0.4, -0.2) is 35.4 Å². The van der Waals surface area contributed by atoms with Gasteiger partial charge < -0.3 is 10.6 Å². The highest BCUT2D eigenvalue weighted by atomic mass is 16.1. The summed E-state index contributed by atoms with van der Waals surface area (Å²) in [4.78, 5) is 21.5. The van der Waals surface area contributed by atoms with E-state index in [4.69, 9.17) is 0 Å². The van der Waals surface area contributed by atoms with Gasteiger partial charge in [-0.2, -0.15) is 10.2 Å². The Morgan fingerprint density at radius 1 is 1.20 bits per heavy atom. The summed E-state index contributed by atoms with van der Waals surface area (Å²) in [5.41, 5.74) is 3.80. The highest BCUT2D eigenvalue weighted by Gasteiger charge is 2.25. The number of aryl methyl sites for hydroxylation is 1. The lowest BCUT2D eigenvalue weighted by molar-refractivity contribution is 0.102. The molecule has 0 radical (unpaired) electrons. The SMILES string of the molecule is C[C@H](Nc1cnc2cnn(C)c2n1)c1cccc(NC(=O)c2cnn(C3CC3)c2)c1. The third-order valence-corrected chi connectivity index (χ3v) is 5.23. The molecule has 5 rings (SSSR count). The van der Waals surface area contributed by atoms with Crippen LogP contribution in [0, 0.1) is 0 Å². The van der Waals surface area contributed by atoms with Gasteiger partial charge in [-0.1, -0.05) is 12.1 Å². The molecule has 3 aromatic heterocycles. The van der Waals surface area contributed by atoms with E-state index in [0.29, 0.717) is 17.4 Å². The second-order valence-electron chi connectivity index (χ2n) is 7.62. The number of carbonyl (C=O) groups is 1. The molecule has 0 aliphatic heterocycles. The largest absolute Gasteiger partial charge is 0.362 e. The quantitative estimate of drug-likeness (QED) is 0.513. The van der Waals surface area contributed by atoms with Crippen LogP contribution in [0.3, 0.4) is 0 Å². The molecule has 0 saturated heterocycles. The Morgan fingerprint density at radius 3 is 2.90 bits per heavy atom. The Morgan fingerprint density at radius 2 is 2.07 bits per heavy atom. The molecular weight excluding hydrogens is 380 g/mol. The number of benzene rings is 1. The molecule has 0 unspecified atom stereocenters. The second kappa shape index (κ2) is 7.25. The third-order valence-electron chi connectivity index (χ3n) is 5.23. The predicted octanol–water partition coefficient (Wildman–Crippen LogP) is 3.32. The van der Waals surface area contributed by atoms with Crippen molar-refractivity contribution < 1.29 is 4.79 Å². The van der Waals surface area contributed by atoms with Crippen molar-refractivity contribution in [1.29, 1.82) is 0 Å². The zero-order chi connectivity index (χ0) is 20.7. The van der Waals surface area contributed by atoms with Crippen LogP contribution in [0.1, 0.15) is 47.8 Å². The van der Waals surface area contributed by atoms with E-state index < -0.39 is 0 Å². The third kappa shape index (κ3) is 3.61. The normalized spacial score (nSPS) is 14.6. The molecule has 9 heteroatoms. The molecule has 1 saturated carbocycles. The van der Waals surface area contributed by atoms with E-state index in [1.807, 2.05) is 49.1 Å². The van der Waals surface area contributed by atoms with Crippen LogP contribution in [0.2, 0.25) is 0 Å². The molecule has 152 valence electrons. The fourth-order valence-corrected chi connectivity index (χ4v) is 3.37. The average molecular weight is 402 g/mol. The van der Waals surface area contributed by atoms with E-state index in [9.17, 15) is 4.79 Å². The molecule has 3 heterocycles. The van der Waals surface area contributed by atoms with E-state index >= 15 is 0 Å². The minimum Gasteiger partial charge on any atom is -0.362 e. The summed E-state index contributed by atoms with van der Waals surface area (Å²) in [5.74, 6) is 0.507. The first-order chi connectivity index (χ1) is 14.6. The summed E-state index contributed by atoms with van der Waals surface area (Å²) in [7, 11) is 1.84. The molecule has 2 N–H and O–H groups in total. The monoisotopic (exact) mass is 402 g/mol. The van der Waals surface area contributed by atoms with Gasteiger partial charge in [0.05, 0.1) is 36.2 Å². The summed E-state index contributed by atoms with van der Waals surface area (Å²) in [5, 5.41) is 14.8. The summed E-state index contributed by atoms with van der Waals surface area (Å²) in [6.45, 7) is 2.04. The highest BCUT2D eigenvalue weighted by molar-refractivity contribution is 6.04. The Kier molecular flexibility index (Phi) is 4.42. The lowest BCUT2D eigenvalue weighted by atomic mass is 10.1. The Hall–Kier alpha value is -3.75. The molecule has 30 heavy (non-hydrogen) atoms. The number of hydrogen-bond acceptors (Lipinski definition) is 6. The van der Waals surface area contributed by atoms with Crippen molar-refractivity contribution in [3.8, 4) is 0 Å². The number of aromatic nitrogens is 6. The molecule has 1 atom stereocenters. The number of fused-ring (bicyclic) bond motifs is 1. The van der Waals surface area contributed by atoms with Crippen LogP contribution in [0.15, 0.2) is 49.1 Å². The number of hydrogen-bond donors (Lipinski definition) is 2.